The fraction of sp³-hybridized carbons (Fsp3) is 0.348. The number of hydrogen-bond acceptors (Lipinski definition) is 3. The topological polar surface area (TPSA) is 45.0 Å². The van der Waals surface area contributed by atoms with Crippen molar-refractivity contribution in [3.63, 3.8) is 0 Å². The van der Waals surface area contributed by atoms with Gasteiger partial charge in [-0.3, -0.25) is 4.79 Å². The lowest BCUT2D eigenvalue weighted by Crippen LogP contribution is -2.34. The predicted molar refractivity (Wildman–Crippen MR) is 107 cm³/mol. The van der Waals surface area contributed by atoms with Crippen LogP contribution in [-0.4, -0.2) is 16.5 Å². The zero-order chi connectivity index (χ0) is 19.1. The van der Waals surface area contributed by atoms with Crippen LogP contribution in [0.5, 0.6) is 0 Å². The minimum atomic E-state index is -0.420. The van der Waals surface area contributed by atoms with Crippen molar-refractivity contribution in [2.75, 3.05) is 0 Å². The van der Waals surface area contributed by atoms with Crippen molar-refractivity contribution in [2.45, 2.75) is 50.9 Å². The summed E-state index contributed by atoms with van der Waals surface area (Å²) in [5.41, 5.74) is 1.83. The first kappa shape index (κ1) is 18.8. The molecule has 0 radical (unpaired) electrons. The second-order valence-corrected chi connectivity index (χ2v) is 6.98. The second-order valence-electron chi connectivity index (χ2n) is 6.98. The van der Waals surface area contributed by atoms with E-state index in [1.165, 1.54) is 0 Å². The van der Waals surface area contributed by atoms with E-state index in [0.29, 0.717) is 25.8 Å². The molecule has 0 bridgehead atoms. The quantitative estimate of drug-likeness (QED) is 0.572. The number of amides is 1. The van der Waals surface area contributed by atoms with E-state index in [9.17, 15) is 4.79 Å². The maximum atomic E-state index is 13.1. The van der Waals surface area contributed by atoms with Crippen LogP contribution >= 0.6 is 0 Å². The highest BCUT2D eigenvalue weighted by Crippen LogP contribution is 2.38. The zero-order valence-electron chi connectivity index (χ0n) is 15.7. The van der Waals surface area contributed by atoms with E-state index in [1.54, 1.807) is 0 Å². The fourth-order valence-electron chi connectivity index (χ4n) is 3.25. The van der Waals surface area contributed by atoms with E-state index >= 15 is 0 Å². The van der Waals surface area contributed by atoms with Crippen LogP contribution in [-0.2, 0) is 11.3 Å². The third-order valence-corrected chi connectivity index (χ3v) is 5.06. The molecule has 4 nitrogen and oxygen atoms in total. The Bertz CT molecular complexity index is 818. The molecule has 2 aromatic rings. The summed E-state index contributed by atoms with van der Waals surface area (Å²) in [6.07, 6.45) is 7.75. The van der Waals surface area contributed by atoms with Gasteiger partial charge < -0.3 is 4.90 Å². The third-order valence-electron chi connectivity index (χ3n) is 5.06. The van der Waals surface area contributed by atoms with Gasteiger partial charge in [0.15, 0.2) is 5.66 Å². The predicted octanol–water partition coefficient (Wildman–Crippen LogP) is 5.13. The summed E-state index contributed by atoms with van der Waals surface area (Å²) in [5.74, 6) is 2.75. The molecule has 1 aliphatic heterocycles. The summed E-state index contributed by atoms with van der Waals surface area (Å²) in [5, 5.41) is 8.30. The molecule has 1 heterocycles. The van der Waals surface area contributed by atoms with E-state index in [4.69, 9.17) is 6.42 Å². The first-order chi connectivity index (χ1) is 13.1. The van der Waals surface area contributed by atoms with Crippen LogP contribution in [0.15, 0.2) is 70.9 Å². The van der Waals surface area contributed by atoms with Crippen LogP contribution in [0.2, 0.25) is 0 Å². The number of carbonyl (C=O) groups excluding carboxylic acids is 1. The van der Waals surface area contributed by atoms with Crippen LogP contribution in [0.3, 0.4) is 0 Å². The lowest BCUT2D eigenvalue weighted by Gasteiger charge is -2.30. The Hall–Kier alpha value is -2.93. The summed E-state index contributed by atoms with van der Waals surface area (Å²) in [7, 11) is 0. The van der Waals surface area contributed by atoms with Gasteiger partial charge in [-0.15, -0.1) is 12.3 Å². The van der Waals surface area contributed by atoms with Crippen molar-refractivity contribution in [1.82, 2.24) is 4.90 Å². The van der Waals surface area contributed by atoms with Crippen LogP contribution in [0.4, 0.5) is 0 Å². The minimum Gasteiger partial charge on any atom is -0.332 e. The molecule has 3 rings (SSSR count). The lowest BCUT2D eigenvalue weighted by atomic mass is 10.0. The van der Waals surface area contributed by atoms with Gasteiger partial charge in [0.25, 0.3) is 0 Å². The molecule has 0 saturated heterocycles. The Balaban J connectivity index is 1.71. The Kier molecular flexibility index (Phi) is 6.03. The summed E-state index contributed by atoms with van der Waals surface area (Å²) in [6.45, 7) is 2.66. The number of nitrogens with zero attached hydrogens (tertiary/aromatic N) is 3. The largest absolute Gasteiger partial charge is 0.332 e. The van der Waals surface area contributed by atoms with Gasteiger partial charge >= 0.3 is 0 Å². The molecule has 4 heteroatoms. The van der Waals surface area contributed by atoms with Crippen LogP contribution < -0.4 is 0 Å². The van der Waals surface area contributed by atoms with Gasteiger partial charge in [0.2, 0.25) is 5.91 Å². The van der Waals surface area contributed by atoms with E-state index in [1.807, 2.05) is 41.3 Å². The first-order valence-electron chi connectivity index (χ1n) is 9.39. The van der Waals surface area contributed by atoms with Crippen LogP contribution in [0.1, 0.15) is 49.8 Å². The maximum Gasteiger partial charge on any atom is 0.223 e. The number of rotatable bonds is 9. The Labute approximate surface area is 161 Å². The van der Waals surface area contributed by atoms with Crippen molar-refractivity contribution in [3.8, 4) is 12.3 Å². The summed E-state index contributed by atoms with van der Waals surface area (Å²) in [6, 6.07) is 20.2. The molecular weight excluding hydrogens is 334 g/mol. The molecule has 0 N–H and O–H groups in total. The second kappa shape index (κ2) is 8.64. The molecule has 0 aromatic heterocycles. The molecule has 0 spiro atoms. The van der Waals surface area contributed by atoms with Crippen molar-refractivity contribution >= 4 is 5.91 Å². The molecule has 0 unspecified atom stereocenters. The molecular formula is C23H25N3O. The van der Waals surface area contributed by atoms with Crippen LogP contribution in [0, 0.1) is 12.3 Å². The number of terminal acetylenes is 1. The van der Waals surface area contributed by atoms with Gasteiger partial charge in [-0.1, -0.05) is 60.7 Å². The molecule has 27 heavy (non-hydrogen) atoms. The molecule has 2 aromatic carbocycles. The summed E-state index contributed by atoms with van der Waals surface area (Å²) >= 11 is 0. The van der Waals surface area contributed by atoms with Crippen LogP contribution in [0.25, 0.3) is 0 Å². The molecule has 1 atom stereocenters. The minimum absolute atomic E-state index is 0.00588. The van der Waals surface area contributed by atoms with Crippen molar-refractivity contribution in [2.24, 2.45) is 10.2 Å². The van der Waals surface area contributed by atoms with Gasteiger partial charge in [0.05, 0.1) is 6.04 Å². The van der Waals surface area contributed by atoms with Gasteiger partial charge in [0.1, 0.15) is 0 Å². The van der Waals surface area contributed by atoms with Gasteiger partial charge in [-0.2, -0.15) is 10.2 Å². The van der Waals surface area contributed by atoms with Crippen molar-refractivity contribution < 1.29 is 4.79 Å². The third kappa shape index (κ3) is 5.04. The van der Waals surface area contributed by atoms with E-state index < -0.39 is 5.66 Å². The van der Waals surface area contributed by atoms with E-state index in [-0.39, 0.29) is 11.9 Å². The Morgan fingerprint density at radius 3 is 2.30 bits per heavy atom. The van der Waals surface area contributed by atoms with Gasteiger partial charge in [0, 0.05) is 32.2 Å². The highest BCUT2D eigenvalue weighted by molar-refractivity contribution is 5.77. The fourth-order valence-corrected chi connectivity index (χ4v) is 3.25. The van der Waals surface area contributed by atoms with Gasteiger partial charge in [-0.05, 0) is 18.1 Å². The zero-order valence-corrected chi connectivity index (χ0v) is 15.7. The van der Waals surface area contributed by atoms with Crippen molar-refractivity contribution in [3.05, 3.63) is 71.8 Å². The standard InChI is InChI=1S/C23H25N3O/c1-3-4-16-23(24-25-23)17-15-22(27)26(18-20-11-7-5-8-12-20)19(2)21-13-9-6-10-14-21/h1,5-14,19H,4,15-18H2,2H3/t19-/m1/s1. The normalized spacial score (nSPS) is 15.0. The molecule has 0 aliphatic carbocycles. The molecule has 0 fully saturated rings. The highest BCUT2D eigenvalue weighted by Gasteiger charge is 2.39. The molecule has 1 aliphatic rings. The monoisotopic (exact) mass is 359 g/mol. The van der Waals surface area contributed by atoms with E-state index in [0.717, 1.165) is 17.5 Å². The average Bonchev–Trinajstić information content (AvgIpc) is 3.50. The summed E-state index contributed by atoms with van der Waals surface area (Å²) in [4.78, 5) is 15.1. The average molecular weight is 359 g/mol. The lowest BCUT2D eigenvalue weighted by molar-refractivity contribution is -0.134. The Morgan fingerprint density at radius 1 is 1.07 bits per heavy atom. The van der Waals surface area contributed by atoms with Gasteiger partial charge in [-0.25, -0.2) is 0 Å². The number of hydrogen-bond donors (Lipinski definition) is 0. The van der Waals surface area contributed by atoms with E-state index in [2.05, 4.69) is 47.3 Å². The molecule has 1 amide bonds. The Morgan fingerprint density at radius 2 is 1.70 bits per heavy atom. The smallest absolute Gasteiger partial charge is 0.223 e. The first-order valence-corrected chi connectivity index (χ1v) is 9.39. The van der Waals surface area contributed by atoms with Crippen molar-refractivity contribution in [1.29, 1.82) is 0 Å². The molecule has 138 valence electrons. The number of carbonyl (C=O) groups is 1. The maximum absolute atomic E-state index is 13.1. The SMILES string of the molecule is C#CCCC1(CCC(=O)N(Cc2ccccc2)[C@H](C)c2ccccc2)N=N1. The molecule has 0 saturated carbocycles. The summed E-state index contributed by atoms with van der Waals surface area (Å²) < 4.78 is 0. The number of benzene rings is 2. The highest BCUT2D eigenvalue weighted by atomic mass is 16.2.